The maximum absolute atomic E-state index is 6.39. The van der Waals surface area contributed by atoms with Gasteiger partial charge in [-0.05, 0) is 50.9 Å². The van der Waals surface area contributed by atoms with Crippen LogP contribution in [0.5, 0.6) is 0 Å². The summed E-state index contributed by atoms with van der Waals surface area (Å²) in [6.07, 6.45) is 6.90. The molecule has 3 aliphatic rings. The van der Waals surface area contributed by atoms with Gasteiger partial charge in [0, 0.05) is 4.43 Å². The second kappa shape index (κ2) is 2.63. The molecule has 0 radical (unpaired) electrons. The Morgan fingerprint density at radius 2 is 2.23 bits per heavy atom. The van der Waals surface area contributed by atoms with Crippen molar-refractivity contribution in [1.29, 1.82) is 0 Å². The molecule has 0 aromatic rings. The van der Waals surface area contributed by atoms with Gasteiger partial charge >= 0.3 is 0 Å². The van der Waals surface area contributed by atoms with Crippen molar-refractivity contribution in [3.8, 4) is 0 Å². The zero-order chi connectivity index (χ0) is 9.10. The summed E-state index contributed by atoms with van der Waals surface area (Å²) in [7, 11) is 0. The first-order valence-electron chi connectivity index (χ1n) is 5.44. The fourth-order valence-corrected chi connectivity index (χ4v) is 3.96. The van der Waals surface area contributed by atoms with Crippen LogP contribution in [0.25, 0.3) is 0 Å². The van der Waals surface area contributed by atoms with Crippen molar-refractivity contribution in [2.45, 2.75) is 50.2 Å². The summed E-state index contributed by atoms with van der Waals surface area (Å²) in [6.45, 7) is 2.30. The van der Waals surface area contributed by atoms with Crippen LogP contribution in [0, 0.1) is 11.8 Å². The minimum Gasteiger partial charge on any atom is -0.368 e. The van der Waals surface area contributed by atoms with Crippen LogP contribution in [0.2, 0.25) is 0 Å². The Morgan fingerprint density at radius 1 is 1.38 bits per heavy atom. The van der Waals surface area contributed by atoms with Gasteiger partial charge in [0.05, 0.1) is 11.2 Å². The van der Waals surface area contributed by atoms with E-state index in [9.17, 15) is 0 Å². The van der Waals surface area contributed by atoms with E-state index >= 15 is 0 Å². The smallest absolute Gasteiger partial charge is 0.0752 e. The molecule has 0 aromatic heterocycles. The van der Waals surface area contributed by atoms with Gasteiger partial charge < -0.3 is 4.74 Å². The van der Waals surface area contributed by atoms with Crippen LogP contribution in [0.4, 0.5) is 0 Å². The Morgan fingerprint density at radius 3 is 2.69 bits per heavy atom. The van der Waals surface area contributed by atoms with E-state index in [0.717, 1.165) is 16.3 Å². The number of hydrogen-bond donors (Lipinski definition) is 0. The van der Waals surface area contributed by atoms with Crippen molar-refractivity contribution in [1.82, 2.24) is 0 Å². The van der Waals surface area contributed by atoms with Crippen LogP contribution >= 0.6 is 22.6 Å². The van der Waals surface area contributed by atoms with Gasteiger partial charge in [-0.3, -0.25) is 0 Å². The molecule has 3 fully saturated rings. The van der Waals surface area contributed by atoms with Crippen LogP contribution in [0.15, 0.2) is 0 Å². The van der Waals surface area contributed by atoms with E-state index in [1.54, 1.807) is 0 Å². The van der Waals surface area contributed by atoms with Crippen molar-refractivity contribution in [2.24, 2.45) is 11.8 Å². The van der Waals surface area contributed by atoms with E-state index in [0.29, 0.717) is 5.60 Å². The number of alkyl halides is 1. The normalized spacial score (nSPS) is 58.6. The molecule has 4 atom stereocenters. The lowest BCUT2D eigenvalue weighted by Gasteiger charge is -2.30. The monoisotopic (exact) mass is 292 g/mol. The minimum atomic E-state index is 0.206. The van der Waals surface area contributed by atoms with Crippen molar-refractivity contribution in [3.63, 3.8) is 0 Å². The van der Waals surface area contributed by atoms with Gasteiger partial charge in [-0.2, -0.15) is 0 Å². The molecule has 1 nitrogen and oxygen atoms in total. The summed E-state index contributed by atoms with van der Waals surface area (Å²) in [4.78, 5) is 0. The van der Waals surface area contributed by atoms with Crippen molar-refractivity contribution < 1.29 is 4.74 Å². The summed E-state index contributed by atoms with van der Waals surface area (Å²) < 4.78 is 7.55. The summed E-state index contributed by atoms with van der Waals surface area (Å²) in [5.41, 5.74) is 0.558. The molecular weight excluding hydrogens is 275 g/mol. The molecule has 1 saturated heterocycles. The predicted molar refractivity (Wildman–Crippen MR) is 61.2 cm³/mol. The Balaban J connectivity index is 1.81. The molecule has 0 N–H and O–H groups in total. The Labute approximate surface area is 93.7 Å². The first-order valence-corrected chi connectivity index (χ1v) is 6.96. The first-order chi connectivity index (χ1) is 6.18. The summed E-state index contributed by atoms with van der Waals surface area (Å²) in [5.74, 6) is 2.01. The van der Waals surface area contributed by atoms with Crippen LogP contribution in [-0.4, -0.2) is 15.6 Å². The predicted octanol–water partition coefficient (Wildman–Crippen LogP) is 3.16. The molecule has 3 rings (SSSR count). The van der Waals surface area contributed by atoms with Gasteiger partial charge in [0.15, 0.2) is 0 Å². The van der Waals surface area contributed by atoms with Crippen molar-refractivity contribution in [3.05, 3.63) is 0 Å². The van der Waals surface area contributed by atoms with Crippen molar-refractivity contribution >= 4 is 22.6 Å². The Bertz CT molecular complexity index is 242. The second-order valence-corrected chi connectivity index (χ2v) is 6.15. The highest BCUT2D eigenvalue weighted by molar-refractivity contribution is 14.1. The molecule has 13 heavy (non-hydrogen) atoms. The highest BCUT2D eigenvalue weighted by Gasteiger charge is 2.62. The van der Waals surface area contributed by atoms with E-state index in [-0.39, 0.29) is 5.60 Å². The van der Waals surface area contributed by atoms with E-state index in [2.05, 4.69) is 29.5 Å². The highest BCUT2D eigenvalue weighted by Crippen LogP contribution is 2.64. The quantitative estimate of drug-likeness (QED) is 0.533. The molecule has 0 amide bonds. The summed E-state index contributed by atoms with van der Waals surface area (Å²) >= 11 is 2.47. The molecule has 0 aromatic carbocycles. The van der Waals surface area contributed by atoms with Gasteiger partial charge in [0.1, 0.15) is 0 Å². The van der Waals surface area contributed by atoms with Gasteiger partial charge in [-0.1, -0.05) is 22.6 Å². The lowest BCUT2D eigenvalue weighted by atomic mass is 9.93. The van der Waals surface area contributed by atoms with Gasteiger partial charge in [0.25, 0.3) is 0 Å². The summed E-state index contributed by atoms with van der Waals surface area (Å²) in [6, 6.07) is 0. The molecule has 1 heterocycles. The zero-order valence-electron chi connectivity index (χ0n) is 8.18. The summed E-state index contributed by atoms with van der Waals surface area (Å²) in [5, 5.41) is 0. The van der Waals surface area contributed by atoms with Crippen LogP contribution < -0.4 is 0 Å². The van der Waals surface area contributed by atoms with Crippen LogP contribution in [-0.2, 0) is 4.74 Å². The average Bonchev–Trinajstić information content (AvgIpc) is 2.76. The lowest BCUT2D eigenvalue weighted by molar-refractivity contribution is -0.0898. The number of hydrogen-bond acceptors (Lipinski definition) is 1. The van der Waals surface area contributed by atoms with E-state index in [1.165, 1.54) is 32.1 Å². The number of ether oxygens (including phenoxy) is 1. The number of rotatable bonds is 1. The Kier molecular flexibility index (Phi) is 1.81. The molecule has 2 heteroatoms. The third kappa shape index (κ3) is 1.21. The Hall–Kier alpha value is 0.690. The fraction of sp³-hybridized carbons (Fsp3) is 1.00. The molecule has 1 aliphatic heterocycles. The molecule has 0 bridgehead atoms. The standard InChI is InChI=1S/C11H17IO/c1-10(7-12)4-5-11(13-10)3-2-8-6-9(8)11/h8-9H,2-7H2,1H3. The van der Waals surface area contributed by atoms with Crippen molar-refractivity contribution in [2.75, 3.05) is 4.43 Å². The molecule has 1 spiro atoms. The van der Waals surface area contributed by atoms with Gasteiger partial charge in [-0.15, -0.1) is 0 Å². The average molecular weight is 292 g/mol. The topological polar surface area (TPSA) is 9.23 Å². The van der Waals surface area contributed by atoms with Crippen LogP contribution in [0.1, 0.15) is 39.0 Å². The largest absolute Gasteiger partial charge is 0.368 e. The van der Waals surface area contributed by atoms with Gasteiger partial charge in [-0.25, -0.2) is 0 Å². The fourth-order valence-electron chi connectivity index (χ4n) is 3.43. The van der Waals surface area contributed by atoms with E-state index in [1.807, 2.05) is 0 Å². The zero-order valence-corrected chi connectivity index (χ0v) is 10.3. The van der Waals surface area contributed by atoms with Crippen LogP contribution in [0.3, 0.4) is 0 Å². The molecule has 2 saturated carbocycles. The maximum Gasteiger partial charge on any atom is 0.0752 e. The number of fused-ring (bicyclic) bond motifs is 2. The molecular formula is C11H17IO. The van der Waals surface area contributed by atoms with E-state index < -0.39 is 0 Å². The molecule has 4 unspecified atom stereocenters. The third-order valence-corrected chi connectivity index (χ3v) is 5.96. The SMILES string of the molecule is CC1(CI)CCC2(CCC3CC32)O1. The highest BCUT2D eigenvalue weighted by atomic mass is 127. The molecule has 74 valence electrons. The minimum absolute atomic E-state index is 0.206. The third-order valence-electron chi connectivity index (χ3n) is 4.35. The molecule has 2 aliphatic carbocycles. The van der Waals surface area contributed by atoms with Gasteiger partial charge in [0.2, 0.25) is 0 Å². The maximum atomic E-state index is 6.39. The van der Waals surface area contributed by atoms with E-state index in [4.69, 9.17) is 4.74 Å². The first kappa shape index (κ1) is 8.96. The lowest BCUT2D eigenvalue weighted by Crippen LogP contribution is -2.34. The number of halogens is 1. The second-order valence-electron chi connectivity index (χ2n) is 5.39.